The predicted octanol–water partition coefficient (Wildman–Crippen LogP) is -0.453. The lowest BCUT2D eigenvalue weighted by Gasteiger charge is -2.12. The van der Waals surface area contributed by atoms with E-state index in [-0.39, 0.29) is 50.8 Å². The summed E-state index contributed by atoms with van der Waals surface area (Å²) in [5, 5.41) is 15.0. The summed E-state index contributed by atoms with van der Waals surface area (Å²) >= 11 is 0. The van der Waals surface area contributed by atoms with Gasteiger partial charge in [0.2, 0.25) is 11.8 Å². The molecule has 0 heterocycles. The SMILES string of the molecule is NC(N)=NCCCCC(=O)NC[C@@H](O)CC(=O)NCCC(=O)OCc1ccccc1. The van der Waals surface area contributed by atoms with E-state index < -0.39 is 18.0 Å². The van der Waals surface area contributed by atoms with Crippen LogP contribution in [0.3, 0.4) is 0 Å². The van der Waals surface area contributed by atoms with Gasteiger partial charge in [-0.15, -0.1) is 0 Å². The number of guanidine groups is 1. The lowest BCUT2D eigenvalue weighted by molar-refractivity contribution is -0.144. The fraction of sp³-hybridized carbons (Fsp3) is 0.500. The molecule has 0 fully saturated rings. The van der Waals surface area contributed by atoms with E-state index in [1.165, 1.54) is 0 Å². The topological polar surface area (TPSA) is 169 Å². The third-order valence-electron chi connectivity index (χ3n) is 3.96. The Morgan fingerprint density at radius 3 is 2.47 bits per heavy atom. The molecule has 0 saturated carbocycles. The van der Waals surface area contributed by atoms with Crippen LogP contribution < -0.4 is 22.1 Å². The summed E-state index contributed by atoms with van der Waals surface area (Å²) in [6, 6.07) is 9.28. The average molecular weight is 421 g/mol. The molecule has 1 aromatic rings. The Hall–Kier alpha value is -3.14. The zero-order valence-corrected chi connectivity index (χ0v) is 17.0. The molecule has 30 heavy (non-hydrogen) atoms. The van der Waals surface area contributed by atoms with Crippen LogP contribution in [0.2, 0.25) is 0 Å². The molecular formula is C20H31N5O5. The van der Waals surface area contributed by atoms with Crippen molar-refractivity contribution in [1.29, 1.82) is 0 Å². The van der Waals surface area contributed by atoms with Gasteiger partial charge in [0.15, 0.2) is 5.96 Å². The van der Waals surface area contributed by atoms with Gasteiger partial charge in [0.05, 0.1) is 18.9 Å². The highest BCUT2D eigenvalue weighted by Gasteiger charge is 2.12. The van der Waals surface area contributed by atoms with E-state index in [1.54, 1.807) is 0 Å². The first-order valence-corrected chi connectivity index (χ1v) is 9.83. The van der Waals surface area contributed by atoms with Gasteiger partial charge in [0.1, 0.15) is 6.61 Å². The smallest absolute Gasteiger partial charge is 0.307 e. The number of nitrogens with two attached hydrogens (primary N) is 2. The highest BCUT2D eigenvalue weighted by Crippen LogP contribution is 2.01. The van der Waals surface area contributed by atoms with Crippen LogP contribution >= 0.6 is 0 Å². The Morgan fingerprint density at radius 2 is 1.77 bits per heavy atom. The Balaban J connectivity index is 2.06. The number of unbranched alkanes of at least 4 members (excludes halogenated alkanes) is 1. The third-order valence-corrected chi connectivity index (χ3v) is 3.96. The Labute approximate surface area is 176 Å². The second-order valence-corrected chi connectivity index (χ2v) is 6.67. The number of benzene rings is 1. The number of nitrogens with one attached hydrogen (secondary N) is 2. The van der Waals surface area contributed by atoms with E-state index in [9.17, 15) is 19.5 Å². The number of carbonyl (C=O) groups excluding carboxylic acids is 3. The van der Waals surface area contributed by atoms with Crippen molar-refractivity contribution in [2.75, 3.05) is 19.6 Å². The molecule has 0 aliphatic carbocycles. The quantitative estimate of drug-likeness (QED) is 0.117. The maximum atomic E-state index is 11.8. The molecule has 10 nitrogen and oxygen atoms in total. The normalized spacial score (nSPS) is 11.2. The highest BCUT2D eigenvalue weighted by molar-refractivity contribution is 5.78. The molecule has 2 amide bonds. The van der Waals surface area contributed by atoms with Crippen LogP contribution in [0.1, 0.15) is 37.7 Å². The first kappa shape index (κ1) is 24.9. The number of hydrogen-bond acceptors (Lipinski definition) is 6. The number of aliphatic hydroxyl groups excluding tert-OH is 1. The van der Waals surface area contributed by atoms with Gasteiger partial charge >= 0.3 is 5.97 Å². The highest BCUT2D eigenvalue weighted by atomic mass is 16.5. The van der Waals surface area contributed by atoms with Gasteiger partial charge < -0.3 is 31.9 Å². The Morgan fingerprint density at radius 1 is 1.03 bits per heavy atom. The van der Waals surface area contributed by atoms with E-state index >= 15 is 0 Å². The molecule has 0 aliphatic rings. The number of carbonyl (C=O) groups is 3. The minimum atomic E-state index is -1.01. The molecule has 1 rings (SSSR count). The molecule has 0 saturated heterocycles. The number of aliphatic imine (C=N–C) groups is 1. The molecule has 7 N–H and O–H groups in total. The zero-order valence-electron chi connectivity index (χ0n) is 17.0. The number of esters is 1. The van der Waals surface area contributed by atoms with Crippen molar-refractivity contribution in [3.05, 3.63) is 35.9 Å². The van der Waals surface area contributed by atoms with Crippen LogP contribution in [0.15, 0.2) is 35.3 Å². The van der Waals surface area contributed by atoms with Crippen molar-refractivity contribution in [2.24, 2.45) is 16.5 Å². The summed E-state index contributed by atoms with van der Waals surface area (Å²) in [5.41, 5.74) is 11.3. The van der Waals surface area contributed by atoms with Crippen LogP contribution in [-0.4, -0.2) is 54.6 Å². The van der Waals surface area contributed by atoms with Crippen LogP contribution in [0.25, 0.3) is 0 Å². The molecule has 10 heteroatoms. The second-order valence-electron chi connectivity index (χ2n) is 6.67. The third kappa shape index (κ3) is 13.1. The van der Waals surface area contributed by atoms with Crippen molar-refractivity contribution >= 4 is 23.7 Å². The summed E-state index contributed by atoms with van der Waals surface area (Å²) in [4.78, 5) is 39.0. The minimum absolute atomic E-state index is 0.0185. The lowest BCUT2D eigenvalue weighted by Crippen LogP contribution is -2.36. The number of hydrogen-bond donors (Lipinski definition) is 5. The lowest BCUT2D eigenvalue weighted by atomic mass is 10.2. The monoisotopic (exact) mass is 421 g/mol. The summed E-state index contributed by atoms with van der Waals surface area (Å²) < 4.78 is 5.11. The first-order valence-electron chi connectivity index (χ1n) is 9.83. The zero-order chi connectivity index (χ0) is 22.2. The van der Waals surface area contributed by atoms with Crippen molar-refractivity contribution in [2.45, 2.75) is 44.8 Å². The van der Waals surface area contributed by atoms with Gasteiger partial charge in [-0.05, 0) is 18.4 Å². The van der Waals surface area contributed by atoms with Gasteiger partial charge in [-0.1, -0.05) is 30.3 Å². The maximum absolute atomic E-state index is 11.8. The number of nitrogens with zero attached hydrogens (tertiary/aromatic N) is 1. The first-order chi connectivity index (χ1) is 14.4. The predicted molar refractivity (Wildman–Crippen MR) is 112 cm³/mol. The van der Waals surface area contributed by atoms with E-state index in [1.807, 2.05) is 30.3 Å². The molecule has 1 aromatic carbocycles. The second kappa shape index (κ2) is 14.8. The average Bonchev–Trinajstić information content (AvgIpc) is 2.71. The molecule has 0 unspecified atom stereocenters. The minimum Gasteiger partial charge on any atom is -0.461 e. The maximum Gasteiger partial charge on any atom is 0.307 e. The van der Waals surface area contributed by atoms with Crippen LogP contribution in [0.4, 0.5) is 0 Å². The molecule has 0 aliphatic heterocycles. The van der Waals surface area contributed by atoms with Crippen molar-refractivity contribution < 1.29 is 24.2 Å². The van der Waals surface area contributed by atoms with Gasteiger partial charge in [-0.2, -0.15) is 0 Å². The molecule has 0 spiro atoms. The fourth-order valence-electron chi connectivity index (χ4n) is 2.40. The van der Waals surface area contributed by atoms with Crippen molar-refractivity contribution in [1.82, 2.24) is 10.6 Å². The van der Waals surface area contributed by atoms with Crippen LogP contribution in [0.5, 0.6) is 0 Å². The Bertz CT molecular complexity index is 692. The number of amides is 2. The Kier molecular flexibility index (Phi) is 12.3. The summed E-state index contributed by atoms with van der Waals surface area (Å²) in [6.07, 6.45) is 0.406. The molecule has 0 radical (unpaired) electrons. The fourth-order valence-corrected chi connectivity index (χ4v) is 2.40. The molecule has 166 valence electrons. The van der Waals surface area contributed by atoms with E-state index in [0.29, 0.717) is 19.4 Å². The molecular weight excluding hydrogens is 390 g/mol. The molecule has 0 aromatic heterocycles. The van der Waals surface area contributed by atoms with E-state index in [2.05, 4.69) is 15.6 Å². The van der Waals surface area contributed by atoms with Crippen LogP contribution in [0, 0.1) is 0 Å². The molecule has 0 bridgehead atoms. The largest absolute Gasteiger partial charge is 0.461 e. The number of rotatable bonds is 14. The summed E-state index contributed by atoms with van der Waals surface area (Å²) in [6.45, 7) is 0.721. The molecule has 1 atom stereocenters. The van der Waals surface area contributed by atoms with Gasteiger partial charge in [0.25, 0.3) is 0 Å². The van der Waals surface area contributed by atoms with Crippen LogP contribution in [-0.2, 0) is 25.7 Å². The van der Waals surface area contributed by atoms with Crippen molar-refractivity contribution in [3.8, 4) is 0 Å². The van der Waals surface area contributed by atoms with Gasteiger partial charge in [-0.3, -0.25) is 19.4 Å². The van der Waals surface area contributed by atoms with Crippen molar-refractivity contribution in [3.63, 3.8) is 0 Å². The summed E-state index contributed by atoms with van der Waals surface area (Å²) in [5.74, 6) is -1.04. The van der Waals surface area contributed by atoms with Gasteiger partial charge in [0, 0.05) is 26.1 Å². The summed E-state index contributed by atoms with van der Waals surface area (Å²) in [7, 11) is 0. The standard InChI is InChI=1S/C20H31N5O5/c21-20(22)24-10-5-4-8-17(27)25-13-16(26)12-18(28)23-11-9-19(29)30-14-15-6-2-1-3-7-15/h1-3,6-7,16,26H,4-5,8-14H2,(H,23,28)(H,25,27)(H4,21,22,24)/t16-/m0/s1. The number of ether oxygens (including phenoxy) is 1. The van der Waals surface area contributed by atoms with E-state index in [0.717, 1.165) is 5.56 Å². The number of aliphatic hydroxyl groups is 1. The van der Waals surface area contributed by atoms with Gasteiger partial charge in [-0.25, -0.2) is 0 Å². The van der Waals surface area contributed by atoms with E-state index in [4.69, 9.17) is 16.2 Å².